The Morgan fingerprint density at radius 3 is 2.40 bits per heavy atom. The lowest BCUT2D eigenvalue weighted by atomic mass is 9.34. The maximum Gasteiger partial charge on any atom is 0.308 e. The van der Waals surface area contributed by atoms with Crippen LogP contribution in [0.1, 0.15) is 118 Å². The number of hydrogen-bond donors (Lipinski definition) is 3. The van der Waals surface area contributed by atoms with Gasteiger partial charge in [0.15, 0.2) is 5.78 Å². The topological polar surface area (TPSA) is 173 Å². The fourth-order valence-corrected chi connectivity index (χ4v) is 12.0. The Morgan fingerprint density at radius 2 is 1.80 bits per heavy atom. The number of carbonyl (C=O) groups is 3. The van der Waals surface area contributed by atoms with Gasteiger partial charge in [0, 0.05) is 21.8 Å². The molecule has 50 heavy (non-hydrogen) atoms. The van der Waals surface area contributed by atoms with Gasteiger partial charge in [0.2, 0.25) is 5.82 Å². The summed E-state index contributed by atoms with van der Waals surface area (Å²) in [7, 11) is 0. The second-order valence-corrected chi connectivity index (χ2v) is 18.8. The number of aromatic nitrogens is 3. The molecule has 1 aromatic rings. The van der Waals surface area contributed by atoms with Crippen LogP contribution in [0.5, 0.6) is 0 Å². The van der Waals surface area contributed by atoms with E-state index in [0.29, 0.717) is 26.2 Å². The van der Waals surface area contributed by atoms with Gasteiger partial charge < -0.3 is 26.0 Å². The number of hydrogen-bond acceptors (Lipinski definition) is 8. The van der Waals surface area contributed by atoms with Crippen molar-refractivity contribution >= 4 is 17.7 Å². The second-order valence-electron chi connectivity index (χ2n) is 18.8. The average molecular weight is 696 g/mol. The van der Waals surface area contributed by atoms with Crippen LogP contribution in [-0.2, 0) is 19.1 Å². The fraction of sp³-hybridized carbons (Fsp3) is 0.821. The van der Waals surface area contributed by atoms with E-state index in [1.807, 2.05) is 19.9 Å². The average Bonchev–Trinajstić information content (AvgIpc) is 3.52. The van der Waals surface area contributed by atoms with Crippen molar-refractivity contribution in [3.05, 3.63) is 23.8 Å². The minimum atomic E-state index is -1.08. The van der Waals surface area contributed by atoms with Crippen molar-refractivity contribution in [1.82, 2.24) is 14.8 Å². The van der Waals surface area contributed by atoms with Crippen molar-refractivity contribution < 1.29 is 29.0 Å². The summed E-state index contributed by atoms with van der Waals surface area (Å²) >= 11 is 0. The fourth-order valence-electron chi connectivity index (χ4n) is 12.0. The lowest BCUT2D eigenvalue weighted by molar-refractivity contribution is -0.251. The molecule has 12 atom stereocenters. The second kappa shape index (κ2) is 12.0. The van der Waals surface area contributed by atoms with Gasteiger partial charge in [0.25, 0.3) is 5.91 Å². The number of carboxylic acid groups (broad SMARTS) is 1. The lowest BCUT2D eigenvalue weighted by Crippen LogP contribution is -2.70. The Morgan fingerprint density at radius 1 is 1.12 bits per heavy atom. The van der Waals surface area contributed by atoms with E-state index in [9.17, 15) is 14.7 Å². The summed E-state index contributed by atoms with van der Waals surface area (Å²) in [5.74, 6) is -1.74. The van der Waals surface area contributed by atoms with Gasteiger partial charge in [-0.3, -0.25) is 14.4 Å². The number of fused-ring (bicyclic) bond motifs is 3. The number of primary amides is 1. The van der Waals surface area contributed by atoms with E-state index in [2.05, 4.69) is 65.5 Å². The third-order valence-electron chi connectivity index (χ3n) is 16.0. The van der Waals surface area contributed by atoms with Gasteiger partial charge in [-0.05, 0) is 85.5 Å². The van der Waals surface area contributed by atoms with Crippen LogP contribution in [0.2, 0.25) is 0 Å². The van der Waals surface area contributed by atoms with Crippen LogP contribution in [-0.4, -0.2) is 69.0 Å². The summed E-state index contributed by atoms with van der Waals surface area (Å²) in [5.41, 5.74) is 9.79. The molecule has 0 aromatic carbocycles. The van der Waals surface area contributed by atoms with Gasteiger partial charge in [-0.2, -0.15) is 5.10 Å². The highest BCUT2D eigenvalue weighted by atomic mass is 16.5. The zero-order valence-corrected chi connectivity index (χ0v) is 31.9. The predicted octanol–water partition coefficient (Wildman–Crippen LogP) is 5.44. The molecule has 11 heteroatoms. The predicted molar refractivity (Wildman–Crippen MR) is 189 cm³/mol. The molecule has 1 unspecified atom stereocenters. The summed E-state index contributed by atoms with van der Waals surface area (Å²) in [6, 6.07) is -0.433. The summed E-state index contributed by atoms with van der Waals surface area (Å²) in [6.07, 6.45) is 6.53. The number of amides is 1. The summed E-state index contributed by atoms with van der Waals surface area (Å²) in [5, 5.41) is 15.6. The van der Waals surface area contributed by atoms with Crippen LogP contribution >= 0.6 is 0 Å². The number of nitrogens with zero attached hydrogens (tertiary/aromatic N) is 3. The number of ether oxygens (including phenoxy) is 2. The van der Waals surface area contributed by atoms with Crippen LogP contribution in [0.15, 0.2) is 18.0 Å². The van der Waals surface area contributed by atoms with E-state index >= 15 is 4.79 Å². The van der Waals surface area contributed by atoms with Gasteiger partial charge in [-0.15, -0.1) is 0 Å². The summed E-state index contributed by atoms with van der Waals surface area (Å²) in [4.78, 5) is 45.4. The molecule has 2 heterocycles. The van der Waals surface area contributed by atoms with Crippen molar-refractivity contribution in [3.63, 3.8) is 0 Å². The number of carbonyl (C=O) groups excluding carboxylic acids is 2. The van der Waals surface area contributed by atoms with Crippen LogP contribution in [0.3, 0.4) is 0 Å². The van der Waals surface area contributed by atoms with E-state index in [4.69, 9.17) is 20.9 Å². The first kappa shape index (κ1) is 37.1. The first-order valence-electron chi connectivity index (χ1n) is 18.8. The molecule has 0 radical (unpaired) electrons. The van der Waals surface area contributed by atoms with Crippen LogP contribution < -0.4 is 11.5 Å². The third-order valence-corrected chi connectivity index (χ3v) is 16.0. The summed E-state index contributed by atoms with van der Waals surface area (Å²) < 4.78 is 15.1. The highest BCUT2D eigenvalue weighted by Crippen LogP contribution is 2.74. The molecule has 1 amide bonds. The Hall–Kier alpha value is -2.63. The Labute approximate surface area is 297 Å². The molecule has 3 saturated carbocycles. The Bertz CT molecular complexity index is 1590. The standard InChI is InChI=1S/C39H61N5O6/c1-21(2)23(5)34(6)13-14-36(8)24-11-12-27-35(7)17-49-19-39(27,25(24)15-28(45)38(36,10)29(34)33(47)48)16-26(44-32(31(40)46)42-20-43-44)30(35)50-18-37(9,41)22(3)4/h15,20-24,26-27,29-30H,11-14,16-19,41H2,1-10H3,(H2,40,46)(H,47,48)/t23-,24+,26-,27+,29-,30+,34-,35+,36-,37-,38+,39?/m1/s1. The number of rotatable bonds is 9. The van der Waals surface area contributed by atoms with E-state index in [-0.39, 0.29) is 41.2 Å². The number of carboxylic acids is 1. The molecular formula is C39H61N5O6. The van der Waals surface area contributed by atoms with Crippen LogP contribution in [0.4, 0.5) is 0 Å². The highest BCUT2D eigenvalue weighted by molar-refractivity contribution is 6.00. The molecule has 2 bridgehead atoms. The molecule has 0 spiro atoms. The van der Waals surface area contributed by atoms with Crippen LogP contribution in [0, 0.1) is 62.6 Å². The van der Waals surface area contributed by atoms with Gasteiger partial charge in [0.05, 0.1) is 37.9 Å². The molecule has 278 valence electrons. The van der Waals surface area contributed by atoms with Gasteiger partial charge in [-0.1, -0.05) is 67.9 Å². The lowest BCUT2D eigenvalue weighted by Gasteiger charge is -2.70. The molecule has 4 aliphatic carbocycles. The molecule has 1 aromatic heterocycles. The highest BCUT2D eigenvalue weighted by Gasteiger charge is 2.74. The minimum absolute atomic E-state index is 0.00842. The minimum Gasteiger partial charge on any atom is -0.481 e. The van der Waals surface area contributed by atoms with Crippen molar-refractivity contribution in [1.29, 1.82) is 0 Å². The number of allylic oxidation sites excluding steroid dienone is 1. The molecule has 5 aliphatic rings. The maximum absolute atomic E-state index is 15.0. The van der Waals surface area contributed by atoms with Gasteiger partial charge in [-0.25, -0.2) is 9.67 Å². The van der Waals surface area contributed by atoms with Crippen molar-refractivity contribution in [2.45, 2.75) is 119 Å². The number of nitrogens with two attached hydrogens (primary N) is 2. The van der Waals surface area contributed by atoms with E-state index in [0.717, 1.165) is 31.3 Å². The van der Waals surface area contributed by atoms with Gasteiger partial charge >= 0.3 is 5.97 Å². The zero-order valence-electron chi connectivity index (χ0n) is 31.9. The molecule has 4 fully saturated rings. The SMILES string of the molecule is CC(C)[C@@H](C)[C@@]1(C)CC[C@]2(C)[C@H]3CC[C@@H]4C5(COC[C@]4(C)[C@@H](OC[C@@](C)(N)C(C)C)[C@H](n4ncnc4C(N)=O)C5)C3=CC(=O)[C@@]2(C)[C@@H]1C(=O)O. The first-order valence-corrected chi connectivity index (χ1v) is 18.8. The number of ketones is 1. The van der Waals surface area contributed by atoms with Gasteiger partial charge in [0.1, 0.15) is 6.33 Å². The van der Waals surface area contributed by atoms with Crippen molar-refractivity contribution in [2.75, 3.05) is 19.8 Å². The molecule has 1 aliphatic heterocycles. The quantitative estimate of drug-likeness (QED) is 0.304. The first-order chi connectivity index (χ1) is 23.1. The van der Waals surface area contributed by atoms with Crippen LogP contribution in [0.25, 0.3) is 0 Å². The monoisotopic (exact) mass is 695 g/mol. The third kappa shape index (κ3) is 4.87. The molecule has 5 N–H and O–H groups in total. The van der Waals surface area contributed by atoms with E-state index in [1.165, 1.54) is 6.33 Å². The van der Waals surface area contributed by atoms with Crippen molar-refractivity contribution in [2.24, 2.45) is 74.0 Å². The van der Waals surface area contributed by atoms with E-state index < -0.39 is 62.6 Å². The Kier molecular flexibility index (Phi) is 8.88. The van der Waals surface area contributed by atoms with Crippen molar-refractivity contribution in [3.8, 4) is 0 Å². The molecule has 11 nitrogen and oxygen atoms in total. The smallest absolute Gasteiger partial charge is 0.308 e. The zero-order chi connectivity index (χ0) is 37.0. The molecule has 1 saturated heterocycles. The maximum atomic E-state index is 15.0. The molecule has 6 rings (SSSR count). The normalized spacial score (nSPS) is 42.9. The summed E-state index contributed by atoms with van der Waals surface area (Å²) in [6.45, 7) is 22.2. The van der Waals surface area contributed by atoms with E-state index in [1.54, 1.807) is 4.68 Å². The molecular weight excluding hydrogens is 634 g/mol. The largest absolute Gasteiger partial charge is 0.481 e. The number of aliphatic carboxylic acids is 1. The Balaban J connectivity index is 1.51.